The molecule has 2 amide bonds. The Kier molecular flexibility index (Phi) is 5.63. The molecule has 1 aromatic carbocycles. The predicted molar refractivity (Wildman–Crippen MR) is 92.0 cm³/mol. The highest BCUT2D eigenvalue weighted by Gasteiger charge is 2.29. The zero-order valence-corrected chi connectivity index (χ0v) is 14.5. The lowest BCUT2D eigenvalue weighted by Gasteiger charge is -2.31. The van der Waals surface area contributed by atoms with Gasteiger partial charge < -0.3 is 24.4 Å². The lowest BCUT2D eigenvalue weighted by molar-refractivity contribution is -0.121. The molecule has 25 heavy (non-hydrogen) atoms. The highest BCUT2D eigenvalue weighted by molar-refractivity contribution is 5.93. The molecular weight excluding hydrogens is 324 g/mol. The van der Waals surface area contributed by atoms with Crippen LogP contribution in [0.1, 0.15) is 26.2 Å². The number of likely N-dealkylation sites (tertiary alicyclic amines) is 1. The Balaban J connectivity index is 1.62. The number of anilines is 1. The number of nitrogens with one attached hydrogen (secondary N) is 1. The second kappa shape index (κ2) is 8.09. The average Bonchev–Trinajstić information content (AvgIpc) is 2.87. The zero-order chi connectivity index (χ0) is 17.6. The zero-order valence-electron chi connectivity index (χ0n) is 14.5. The molecule has 7 nitrogen and oxygen atoms in total. The van der Waals surface area contributed by atoms with Crippen LogP contribution in [-0.4, -0.2) is 49.8 Å². The van der Waals surface area contributed by atoms with Gasteiger partial charge in [0.05, 0.1) is 25.7 Å². The Morgan fingerprint density at radius 3 is 2.84 bits per heavy atom. The summed E-state index contributed by atoms with van der Waals surface area (Å²) in [5.41, 5.74) is 0.669. The number of hydrogen-bond donors (Lipinski definition) is 1. The number of hydrogen-bond acceptors (Lipinski definition) is 5. The molecule has 7 heteroatoms. The van der Waals surface area contributed by atoms with E-state index >= 15 is 0 Å². The van der Waals surface area contributed by atoms with Gasteiger partial charge in [0.25, 0.3) is 0 Å². The number of benzene rings is 1. The average molecular weight is 348 g/mol. The van der Waals surface area contributed by atoms with Gasteiger partial charge in [0.1, 0.15) is 0 Å². The summed E-state index contributed by atoms with van der Waals surface area (Å²) in [6, 6.07) is 5.39. The summed E-state index contributed by atoms with van der Waals surface area (Å²) in [5.74, 6) is 1.01. The van der Waals surface area contributed by atoms with Crippen molar-refractivity contribution in [3.05, 3.63) is 18.2 Å². The molecule has 0 saturated carbocycles. The molecule has 1 aromatic rings. The molecule has 0 unspecified atom stereocenters. The van der Waals surface area contributed by atoms with Crippen LogP contribution in [0.2, 0.25) is 0 Å². The third kappa shape index (κ3) is 4.35. The van der Waals surface area contributed by atoms with Gasteiger partial charge in [-0.1, -0.05) is 0 Å². The van der Waals surface area contributed by atoms with Crippen LogP contribution >= 0.6 is 0 Å². The first kappa shape index (κ1) is 17.4. The van der Waals surface area contributed by atoms with E-state index in [-0.39, 0.29) is 17.9 Å². The van der Waals surface area contributed by atoms with Gasteiger partial charge in [-0.25, -0.2) is 4.79 Å². The number of nitrogens with zero attached hydrogens (tertiary/aromatic N) is 1. The van der Waals surface area contributed by atoms with Crippen molar-refractivity contribution < 1.29 is 23.8 Å². The normalized spacial score (nSPS) is 19.7. The van der Waals surface area contributed by atoms with Gasteiger partial charge in [0.15, 0.2) is 11.5 Å². The quantitative estimate of drug-likeness (QED) is 0.909. The maximum absolute atomic E-state index is 12.6. The van der Waals surface area contributed by atoms with Crippen LogP contribution in [0, 0.1) is 5.92 Å². The summed E-state index contributed by atoms with van der Waals surface area (Å²) in [6.07, 6.45) is 2.03. The molecule has 1 atom stereocenters. The largest absolute Gasteiger partial charge is 0.490 e. The SMILES string of the molecule is CCOC(=O)N1CCC[C@@H](C(=O)Nc2ccc3c(c2)OCCCO3)C1. The van der Waals surface area contributed by atoms with Crippen LogP contribution < -0.4 is 14.8 Å². The summed E-state index contributed by atoms with van der Waals surface area (Å²) < 4.78 is 16.3. The fourth-order valence-corrected chi connectivity index (χ4v) is 3.06. The van der Waals surface area contributed by atoms with Crippen molar-refractivity contribution in [1.82, 2.24) is 4.90 Å². The lowest BCUT2D eigenvalue weighted by Crippen LogP contribution is -2.44. The molecular formula is C18H24N2O5. The van der Waals surface area contributed by atoms with Crippen LogP contribution in [0.3, 0.4) is 0 Å². The Morgan fingerprint density at radius 2 is 2.04 bits per heavy atom. The molecule has 0 radical (unpaired) electrons. The topological polar surface area (TPSA) is 77.1 Å². The van der Waals surface area contributed by atoms with Crippen molar-refractivity contribution in [1.29, 1.82) is 0 Å². The molecule has 1 fully saturated rings. The van der Waals surface area contributed by atoms with Crippen molar-refractivity contribution in [3.8, 4) is 11.5 Å². The van der Waals surface area contributed by atoms with Crippen LogP contribution in [0.15, 0.2) is 18.2 Å². The number of ether oxygens (including phenoxy) is 3. The van der Waals surface area contributed by atoms with Crippen molar-refractivity contribution in [2.75, 3.05) is 38.2 Å². The van der Waals surface area contributed by atoms with Gasteiger partial charge in [-0.3, -0.25) is 4.79 Å². The number of rotatable bonds is 3. The highest BCUT2D eigenvalue weighted by atomic mass is 16.6. The van der Waals surface area contributed by atoms with Gasteiger partial charge in [0, 0.05) is 31.3 Å². The molecule has 3 rings (SSSR count). The Bertz CT molecular complexity index is 634. The van der Waals surface area contributed by atoms with Crippen LogP contribution in [0.25, 0.3) is 0 Å². The molecule has 2 aliphatic rings. The number of piperidine rings is 1. The summed E-state index contributed by atoms with van der Waals surface area (Å²) in [6.45, 7) is 4.35. The Hall–Kier alpha value is -2.44. The fraction of sp³-hybridized carbons (Fsp3) is 0.556. The van der Waals surface area contributed by atoms with E-state index in [1.165, 1.54) is 0 Å². The van der Waals surface area contributed by atoms with E-state index in [0.717, 1.165) is 19.3 Å². The summed E-state index contributed by atoms with van der Waals surface area (Å²) in [4.78, 5) is 26.0. The molecule has 0 spiro atoms. The number of amides is 2. The third-order valence-corrected chi connectivity index (χ3v) is 4.33. The van der Waals surface area contributed by atoms with Crippen molar-refractivity contribution in [3.63, 3.8) is 0 Å². The first-order valence-electron chi connectivity index (χ1n) is 8.79. The predicted octanol–water partition coefficient (Wildman–Crippen LogP) is 2.65. The van der Waals surface area contributed by atoms with E-state index in [9.17, 15) is 9.59 Å². The van der Waals surface area contributed by atoms with Crippen molar-refractivity contribution in [2.45, 2.75) is 26.2 Å². The van der Waals surface area contributed by atoms with E-state index in [2.05, 4.69) is 5.32 Å². The molecule has 0 aliphatic carbocycles. The summed E-state index contributed by atoms with van der Waals surface area (Å²) in [5, 5.41) is 2.92. The number of carbonyl (C=O) groups is 2. The second-order valence-electron chi connectivity index (χ2n) is 6.19. The van der Waals surface area contributed by atoms with E-state index in [1.54, 1.807) is 24.0 Å². The maximum atomic E-state index is 12.6. The molecule has 0 aromatic heterocycles. The van der Waals surface area contributed by atoms with E-state index < -0.39 is 0 Å². The molecule has 2 heterocycles. The molecule has 0 bridgehead atoms. The minimum absolute atomic E-state index is 0.0940. The Labute approximate surface area is 147 Å². The van der Waals surface area contributed by atoms with Crippen molar-refractivity contribution in [2.24, 2.45) is 5.92 Å². The maximum Gasteiger partial charge on any atom is 0.409 e. The van der Waals surface area contributed by atoms with E-state index in [4.69, 9.17) is 14.2 Å². The smallest absolute Gasteiger partial charge is 0.409 e. The minimum Gasteiger partial charge on any atom is -0.490 e. The fourth-order valence-electron chi connectivity index (χ4n) is 3.06. The van der Waals surface area contributed by atoms with Gasteiger partial charge in [0.2, 0.25) is 5.91 Å². The third-order valence-electron chi connectivity index (χ3n) is 4.33. The highest BCUT2D eigenvalue weighted by Crippen LogP contribution is 2.32. The van der Waals surface area contributed by atoms with Gasteiger partial charge in [-0.2, -0.15) is 0 Å². The Morgan fingerprint density at radius 1 is 1.24 bits per heavy atom. The molecule has 136 valence electrons. The van der Waals surface area contributed by atoms with E-state index in [1.807, 2.05) is 6.07 Å². The lowest BCUT2D eigenvalue weighted by atomic mass is 9.97. The second-order valence-corrected chi connectivity index (χ2v) is 6.19. The molecule has 1 saturated heterocycles. The first-order valence-corrected chi connectivity index (χ1v) is 8.79. The van der Waals surface area contributed by atoms with Gasteiger partial charge >= 0.3 is 6.09 Å². The number of carbonyl (C=O) groups excluding carboxylic acids is 2. The first-order chi connectivity index (χ1) is 12.2. The van der Waals surface area contributed by atoms with Gasteiger partial charge in [-0.15, -0.1) is 0 Å². The monoisotopic (exact) mass is 348 g/mol. The summed E-state index contributed by atoms with van der Waals surface area (Å²) >= 11 is 0. The van der Waals surface area contributed by atoms with Crippen molar-refractivity contribution >= 4 is 17.7 Å². The van der Waals surface area contributed by atoms with Crippen LogP contribution in [0.5, 0.6) is 11.5 Å². The summed E-state index contributed by atoms with van der Waals surface area (Å²) in [7, 11) is 0. The van der Waals surface area contributed by atoms with Crippen LogP contribution in [-0.2, 0) is 9.53 Å². The minimum atomic E-state index is -0.351. The van der Waals surface area contributed by atoms with Gasteiger partial charge in [-0.05, 0) is 31.9 Å². The molecule has 2 aliphatic heterocycles. The number of fused-ring (bicyclic) bond motifs is 1. The molecule has 1 N–H and O–H groups in total. The van der Waals surface area contributed by atoms with Crippen LogP contribution in [0.4, 0.5) is 10.5 Å². The standard InChI is InChI=1S/C18H24N2O5/c1-2-23-18(22)20-8-3-5-13(12-20)17(21)19-14-6-7-15-16(11-14)25-10-4-9-24-15/h6-7,11,13H,2-5,8-10,12H2,1H3,(H,19,21)/t13-/m1/s1. The van der Waals surface area contributed by atoms with E-state index in [0.29, 0.717) is 50.1 Å².